The molecule has 0 saturated carbocycles. The number of fused-ring (bicyclic) bond motifs is 2. The molecule has 0 radical (unpaired) electrons. The smallest absolute Gasteiger partial charge is 0.356 e. The van der Waals surface area contributed by atoms with E-state index >= 15 is 0 Å². The van der Waals surface area contributed by atoms with Crippen molar-refractivity contribution in [1.82, 2.24) is 10.2 Å². The first-order chi connectivity index (χ1) is 8.72. The lowest BCUT2D eigenvalue weighted by atomic mass is 10.1. The predicted molar refractivity (Wildman–Crippen MR) is 69.9 cm³/mol. The zero-order chi connectivity index (χ0) is 12.7. The summed E-state index contributed by atoms with van der Waals surface area (Å²) in [6, 6.07) is 9.57. The third kappa shape index (κ3) is 1.46. The predicted octanol–water partition coefficient (Wildman–Crippen LogP) is 3.16. The van der Waals surface area contributed by atoms with Crippen molar-refractivity contribution in [2.24, 2.45) is 0 Å². The minimum absolute atomic E-state index is 0.320. The molecule has 2 aromatic carbocycles. The Hall–Kier alpha value is -2.07. The lowest BCUT2D eigenvalue weighted by molar-refractivity contribution is 0.0596. The Morgan fingerprint density at radius 3 is 2.89 bits per heavy atom. The van der Waals surface area contributed by atoms with Crippen LogP contribution in [0.5, 0.6) is 0 Å². The van der Waals surface area contributed by atoms with E-state index in [0.29, 0.717) is 21.6 Å². The molecule has 0 spiro atoms. The molecule has 0 fully saturated rings. The summed E-state index contributed by atoms with van der Waals surface area (Å²) in [7, 11) is 1.33. The lowest BCUT2D eigenvalue weighted by Crippen LogP contribution is -2.01. The molecule has 1 aromatic heterocycles. The first-order valence-corrected chi connectivity index (χ1v) is 5.74. The SMILES string of the molecule is COC(=O)c1[nH]nc2c(Cl)c3ccccc3cc12. The van der Waals surface area contributed by atoms with Crippen molar-refractivity contribution in [3.05, 3.63) is 41.0 Å². The average Bonchev–Trinajstić information content (AvgIpc) is 2.82. The molecule has 0 bridgehead atoms. The largest absolute Gasteiger partial charge is 0.464 e. The van der Waals surface area contributed by atoms with E-state index in [1.807, 2.05) is 30.3 Å². The van der Waals surface area contributed by atoms with Crippen LogP contribution in [0.1, 0.15) is 10.5 Å². The van der Waals surface area contributed by atoms with Gasteiger partial charge in [-0.05, 0) is 11.5 Å². The fourth-order valence-corrected chi connectivity index (χ4v) is 2.34. The molecule has 0 aliphatic heterocycles. The van der Waals surface area contributed by atoms with Gasteiger partial charge in [0.2, 0.25) is 0 Å². The standard InChI is InChI=1S/C13H9ClN2O2/c1-18-13(17)12-9-6-7-4-2-3-5-8(7)10(14)11(9)15-16-12/h2-6H,1H3,(H,15,16). The van der Waals surface area contributed by atoms with Crippen LogP contribution >= 0.6 is 11.6 Å². The third-order valence-corrected chi connectivity index (χ3v) is 3.28. The second kappa shape index (κ2) is 3.99. The van der Waals surface area contributed by atoms with Gasteiger partial charge in [-0.2, -0.15) is 5.10 Å². The monoisotopic (exact) mass is 260 g/mol. The minimum Gasteiger partial charge on any atom is -0.464 e. The van der Waals surface area contributed by atoms with Gasteiger partial charge in [-0.3, -0.25) is 5.10 Å². The number of ether oxygens (including phenoxy) is 1. The van der Waals surface area contributed by atoms with Gasteiger partial charge in [0.15, 0.2) is 5.69 Å². The third-order valence-electron chi connectivity index (χ3n) is 2.90. The quantitative estimate of drug-likeness (QED) is 0.684. The molecule has 1 heterocycles. The number of halogens is 1. The maximum Gasteiger partial charge on any atom is 0.356 e. The molecule has 0 atom stereocenters. The number of rotatable bonds is 1. The van der Waals surface area contributed by atoms with Gasteiger partial charge in [-0.15, -0.1) is 0 Å². The Labute approximate surface area is 108 Å². The van der Waals surface area contributed by atoms with Gasteiger partial charge in [0, 0.05) is 10.8 Å². The fraction of sp³-hybridized carbons (Fsp3) is 0.0769. The number of nitrogens with zero attached hydrogens (tertiary/aromatic N) is 1. The second-order valence-corrected chi connectivity index (χ2v) is 4.28. The van der Waals surface area contributed by atoms with E-state index < -0.39 is 5.97 Å². The second-order valence-electron chi connectivity index (χ2n) is 3.90. The molecule has 0 amide bonds. The van der Waals surface area contributed by atoms with Gasteiger partial charge in [0.1, 0.15) is 5.52 Å². The number of aromatic nitrogens is 2. The molecule has 0 aliphatic carbocycles. The van der Waals surface area contributed by atoms with Crippen LogP contribution < -0.4 is 0 Å². The molecular formula is C13H9ClN2O2. The summed E-state index contributed by atoms with van der Waals surface area (Å²) in [5, 5.41) is 9.83. The van der Waals surface area contributed by atoms with Gasteiger partial charge in [-0.25, -0.2) is 4.79 Å². The Kier molecular flexibility index (Phi) is 2.45. The van der Waals surface area contributed by atoms with Crippen LogP contribution in [0.2, 0.25) is 5.02 Å². The number of aromatic amines is 1. The zero-order valence-electron chi connectivity index (χ0n) is 9.53. The molecule has 5 heteroatoms. The summed E-state index contributed by atoms with van der Waals surface area (Å²) in [4.78, 5) is 11.6. The van der Waals surface area contributed by atoms with Gasteiger partial charge in [0.05, 0.1) is 12.1 Å². The summed E-state index contributed by atoms with van der Waals surface area (Å²) in [5.74, 6) is -0.455. The molecule has 3 rings (SSSR count). The van der Waals surface area contributed by atoms with Crippen LogP contribution in [0.15, 0.2) is 30.3 Å². The highest BCUT2D eigenvalue weighted by molar-refractivity contribution is 6.40. The summed E-state index contributed by atoms with van der Waals surface area (Å²) >= 11 is 6.30. The number of carbonyl (C=O) groups excluding carboxylic acids is 1. The molecule has 4 nitrogen and oxygen atoms in total. The van der Waals surface area contributed by atoms with Crippen molar-refractivity contribution in [2.75, 3.05) is 7.11 Å². The number of benzene rings is 2. The molecule has 90 valence electrons. The summed E-state index contributed by atoms with van der Waals surface area (Å²) in [6.45, 7) is 0. The van der Waals surface area contributed by atoms with E-state index in [4.69, 9.17) is 16.3 Å². The van der Waals surface area contributed by atoms with Crippen LogP contribution in [-0.4, -0.2) is 23.3 Å². The Balaban J connectivity index is 2.43. The van der Waals surface area contributed by atoms with Crippen molar-refractivity contribution in [3.63, 3.8) is 0 Å². The van der Waals surface area contributed by atoms with Crippen molar-refractivity contribution in [3.8, 4) is 0 Å². The van der Waals surface area contributed by atoms with E-state index in [9.17, 15) is 4.79 Å². The van der Waals surface area contributed by atoms with Crippen LogP contribution in [0.25, 0.3) is 21.7 Å². The highest BCUT2D eigenvalue weighted by Gasteiger charge is 2.17. The van der Waals surface area contributed by atoms with E-state index in [0.717, 1.165) is 10.8 Å². The van der Waals surface area contributed by atoms with E-state index in [1.54, 1.807) is 0 Å². The van der Waals surface area contributed by atoms with Gasteiger partial charge >= 0.3 is 5.97 Å². The van der Waals surface area contributed by atoms with E-state index in [1.165, 1.54) is 7.11 Å². The topological polar surface area (TPSA) is 55.0 Å². The Bertz CT molecular complexity index is 764. The molecule has 1 N–H and O–H groups in total. The lowest BCUT2D eigenvalue weighted by Gasteiger charge is -2.02. The highest BCUT2D eigenvalue weighted by Crippen LogP contribution is 2.32. The summed E-state index contributed by atoms with van der Waals surface area (Å²) < 4.78 is 4.70. The summed E-state index contributed by atoms with van der Waals surface area (Å²) in [6.07, 6.45) is 0. The molecule has 0 unspecified atom stereocenters. The highest BCUT2D eigenvalue weighted by atomic mass is 35.5. The zero-order valence-corrected chi connectivity index (χ0v) is 10.3. The molecule has 0 aliphatic rings. The summed E-state index contributed by atoms with van der Waals surface area (Å²) in [5.41, 5.74) is 0.899. The average molecular weight is 261 g/mol. The fourth-order valence-electron chi connectivity index (χ4n) is 2.02. The van der Waals surface area contributed by atoms with E-state index in [-0.39, 0.29) is 0 Å². The van der Waals surface area contributed by atoms with Crippen LogP contribution in [0.4, 0.5) is 0 Å². The first kappa shape index (κ1) is 11.0. The number of methoxy groups -OCH3 is 1. The number of nitrogens with one attached hydrogen (secondary N) is 1. The van der Waals surface area contributed by atoms with Crippen molar-refractivity contribution in [2.45, 2.75) is 0 Å². The Morgan fingerprint density at radius 2 is 2.11 bits per heavy atom. The number of esters is 1. The van der Waals surface area contributed by atoms with Crippen molar-refractivity contribution in [1.29, 1.82) is 0 Å². The van der Waals surface area contributed by atoms with E-state index in [2.05, 4.69) is 10.2 Å². The van der Waals surface area contributed by atoms with Crippen molar-refractivity contribution < 1.29 is 9.53 Å². The molecular weight excluding hydrogens is 252 g/mol. The van der Waals surface area contributed by atoms with Gasteiger partial charge in [-0.1, -0.05) is 35.9 Å². The van der Waals surface area contributed by atoms with Crippen LogP contribution in [-0.2, 0) is 4.74 Å². The van der Waals surface area contributed by atoms with Gasteiger partial charge in [0.25, 0.3) is 0 Å². The number of H-pyrrole nitrogens is 1. The first-order valence-electron chi connectivity index (χ1n) is 5.36. The maximum absolute atomic E-state index is 11.6. The van der Waals surface area contributed by atoms with Crippen LogP contribution in [0.3, 0.4) is 0 Å². The molecule has 3 aromatic rings. The Morgan fingerprint density at radius 1 is 1.33 bits per heavy atom. The van der Waals surface area contributed by atoms with Crippen LogP contribution in [0, 0.1) is 0 Å². The normalized spacial score (nSPS) is 11.0. The minimum atomic E-state index is -0.455. The maximum atomic E-state index is 11.6. The molecule has 18 heavy (non-hydrogen) atoms. The van der Waals surface area contributed by atoms with Crippen molar-refractivity contribution >= 4 is 39.2 Å². The number of hydrogen-bond acceptors (Lipinski definition) is 3. The molecule has 0 saturated heterocycles. The number of hydrogen-bond donors (Lipinski definition) is 1. The van der Waals surface area contributed by atoms with Gasteiger partial charge < -0.3 is 4.74 Å². The number of carbonyl (C=O) groups is 1.